The van der Waals surface area contributed by atoms with E-state index in [0.29, 0.717) is 24.8 Å². The van der Waals surface area contributed by atoms with Crippen LogP contribution in [0.1, 0.15) is 19.4 Å². The molecule has 0 aliphatic carbocycles. The largest absolute Gasteiger partial charge is 0.435 e. The quantitative estimate of drug-likeness (QED) is 0.884. The highest BCUT2D eigenvalue weighted by atomic mass is 16.5. The summed E-state index contributed by atoms with van der Waals surface area (Å²) in [6, 6.07) is 7.54. The Kier molecular flexibility index (Phi) is 5.11. The van der Waals surface area contributed by atoms with Gasteiger partial charge >= 0.3 is 5.56 Å². The number of benzene rings is 1. The van der Waals surface area contributed by atoms with E-state index in [4.69, 9.17) is 10.5 Å². The maximum absolute atomic E-state index is 12.2. The molecule has 2 aromatic rings. The molecule has 0 bridgehead atoms. The molecular formula is C16H21N3O2. The first-order valence-corrected chi connectivity index (χ1v) is 7.12. The van der Waals surface area contributed by atoms with Crippen LogP contribution in [-0.2, 0) is 13.0 Å². The summed E-state index contributed by atoms with van der Waals surface area (Å²) in [5.41, 5.74) is 6.44. The second kappa shape index (κ2) is 7.04. The number of nitrogens with two attached hydrogens (primary N) is 1. The summed E-state index contributed by atoms with van der Waals surface area (Å²) in [5, 5.41) is 0. The van der Waals surface area contributed by atoms with Gasteiger partial charge in [0.2, 0.25) is 0 Å². The van der Waals surface area contributed by atoms with Crippen molar-refractivity contribution in [1.82, 2.24) is 9.55 Å². The summed E-state index contributed by atoms with van der Waals surface area (Å²) in [4.78, 5) is 16.3. The molecular weight excluding hydrogens is 266 g/mol. The summed E-state index contributed by atoms with van der Waals surface area (Å²) >= 11 is 0. The van der Waals surface area contributed by atoms with E-state index in [1.165, 1.54) is 0 Å². The van der Waals surface area contributed by atoms with Gasteiger partial charge in [-0.2, -0.15) is 0 Å². The molecule has 0 amide bonds. The van der Waals surface area contributed by atoms with Gasteiger partial charge in [0.1, 0.15) is 5.75 Å². The second-order valence-electron chi connectivity index (χ2n) is 5.37. The fraction of sp³-hybridized carbons (Fsp3) is 0.375. The average molecular weight is 287 g/mol. The van der Waals surface area contributed by atoms with E-state index in [2.05, 4.69) is 18.8 Å². The van der Waals surface area contributed by atoms with Crippen LogP contribution in [-0.4, -0.2) is 16.1 Å². The van der Waals surface area contributed by atoms with Gasteiger partial charge in [0.05, 0.1) is 0 Å². The predicted molar refractivity (Wildman–Crippen MR) is 82.6 cm³/mol. The van der Waals surface area contributed by atoms with Gasteiger partial charge in [-0.3, -0.25) is 4.79 Å². The first-order chi connectivity index (χ1) is 10.1. The number of ether oxygens (including phenoxy) is 1. The van der Waals surface area contributed by atoms with Crippen LogP contribution < -0.4 is 16.0 Å². The number of hydrogen-bond acceptors (Lipinski definition) is 4. The van der Waals surface area contributed by atoms with Gasteiger partial charge in [0, 0.05) is 18.9 Å². The van der Waals surface area contributed by atoms with Crippen molar-refractivity contribution >= 4 is 0 Å². The lowest BCUT2D eigenvalue weighted by Gasteiger charge is -2.10. The molecule has 0 aliphatic heterocycles. The molecule has 5 nitrogen and oxygen atoms in total. The van der Waals surface area contributed by atoms with Crippen molar-refractivity contribution in [2.45, 2.75) is 26.8 Å². The molecule has 1 aromatic carbocycles. The van der Waals surface area contributed by atoms with Crippen molar-refractivity contribution in [2.24, 2.45) is 11.7 Å². The lowest BCUT2D eigenvalue weighted by Crippen LogP contribution is -2.23. The number of rotatable bonds is 6. The minimum atomic E-state index is -0.211. The Balaban J connectivity index is 2.17. The smallest absolute Gasteiger partial charge is 0.313 e. The summed E-state index contributed by atoms with van der Waals surface area (Å²) < 4.78 is 7.21. The van der Waals surface area contributed by atoms with E-state index in [9.17, 15) is 4.79 Å². The summed E-state index contributed by atoms with van der Waals surface area (Å²) in [6.45, 7) is 5.38. The van der Waals surface area contributed by atoms with Gasteiger partial charge in [0.15, 0.2) is 0 Å². The van der Waals surface area contributed by atoms with Gasteiger partial charge < -0.3 is 15.0 Å². The zero-order valence-corrected chi connectivity index (χ0v) is 12.5. The molecule has 0 spiro atoms. The van der Waals surface area contributed by atoms with Crippen LogP contribution in [0.4, 0.5) is 0 Å². The van der Waals surface area contributed by atoms with Crippen LogP contribution in [0.25, 0.3) is 0 Å². The van der Waals surface area contributed by atoms with Crippen LogP contribution >= 0.6 is 0 Å². The molecule has 0 saturated carbocycles. The van der Waals surface area contributed by atoms with Crippen LogP contribution in [0.5, 0.6) is 11.6 Å². The lowest BCUT2D eigenvalue weighted by molar-refractivity contribution is 0.432. The molecule has 2 N–H and O–H groups in total. The third kappa shape index (κ3) is 4.16. The Hall–Kier alpha value is -2.14. The minimum Gasteiger partial charge on any atom is -0.435 e. The lowest BCUT2D eigenvalue weighted by atomic mass is 10.1. The van der Waals surface area contributed by atoms with Crippen molar-refractivity contribution in [3.05, 3.63) is 52.6 Å². The highest BCUT2D eigenvalue weighted by molar-refractivity contribution is 5.30. The van der Waals surface area contributed by atoms with Crippen molar-refractivity contribution in [1.29, 1.82) is 0 Å². The van der Waals surface area contributed by atoms with Gasteiger partial charge in [-0.05, 0) is 36.6 Å². The Morgan fingerprint density at radius 1 is 1.29 bits per heavy atom. The second-order valence-corrected chi connectivity index (χ2v) is 5.37. The van der Waals surface area contributed by atoms with Crippen LogP contribution in [0.2, 0.25) is 0 Å². The van der Waals surface area contributed by atoms with E-state index in [-0.39, 0.29) is 11.4 Å². The highest BCUT2D eigenvalue weighted by Crippen LogP contribution is 2.17. The van der Waals surface area contributed by atoms with Crippen molar-refractivity contribution in [3.63, 3.8) is 0 Å². The molecule has 112 valence electrons. The minimum absolute atomic E-state index is 0.102. The summed E-state index contributed by atoms with van der Waals surface area (Å²) in [7, 11) is 0. The Morgan fingerprint density at radius 3 is 2.62 bits per heavy atom. The van der Waals surface area contributed by atoms with Crippen LogP contribution in [0.15, 0.2) is 41.5 Å². The molecule has 21 heavy (non-hydrogen) atoms. The maximum atomic E-state index is 12.2. The average Bonchev–Trinajstić information content (AvgIpc) is 2.45. The molecule has 0 atom stereocenters. The van der Waals surface area contributed by atoms with Gasteiger partial charge in [-0.1, -0.05) is 26.0 Å². The van der Waals surface area contributed by atoms with E-state index >= 15 is 0 Å². The van der Waals surface area contributed by atoms with E-state index < -0.39 is 0 Å². The molecule has 0 aliphatic rings. The monoisotopic (exact) mass is 287 g/mol. The van der Waals surface area contributed by atoms with Crippen molar-refractivity contribution in [3.8, 4) is 11.6 Å². The van der Waals surface area contributed by atoms with Gasteiger partial charge in [0.25, 0.3) is 5.88 Å². The summed E-state index contributed by atoms with van der Waals surface area (Å²) in [6.07, 6.45) is 4.09. The summed E-state index contributed by atoms with van der Waals surface area (Å²) in [5.74, 6) is 1.08. The van der Waals surface area contributed by atoms with Crippen molar-refractivity contribution in [2.75, 3.05) is 6.54 Å². The fourth-order valence-electron chi connectivity index (χ4n) is 2.04. The molecule has 0 saturated heterocycles. The Bertz CT molecular complexity index is 633. The SMILES string of the molecule is CC(C)Cn1ccnc(Oc2ccc(CCN)cc2)c1=O. The number of aromatic nitrogens is 2. The molecule has 0 unspecified atom stereocenters. The topological polar surface area (TPSA) is 70.1 Å². The number of hydrogen-bond donors (Lipinski definition) is 1. The fourth-order valence-corrected chi connectivity index (χ4v) is 2.04. The standard InChI is InChI=1S/C16H21N3O2/c1-12(2)11-19-10-9-18-15(16(19)20)21-14-5-3-13(4-6-14)7-8-17/h3-6,9-10,12H,7-8,11,17H2,1-2H3. The molecule has 1 heterocycles. The Labute approximate surface area is 124 Å². The van der Waals surface area contributed by atoms with E-state index in [0.717, 1.165) is 12.0 Å². The van der Waals surface area contributed by atoms with E-state index in [1.807, 2.05) is 24.3 Å². The zero-order valence-electron chi connectivity index (χ0n) is 12.5. The first kappa shape index (κ1) is 15.3. The first-order valence-electron chi connectivity index (χ1n) is 7.12. The normalized spacial score (nSPS) is 10.9. The molecule has 1 aromatic heterocycles. The van der Waals surface area contributed by atoms with E-state index in [1.54, 1.807) is 17.0 Å². The van der Waals surface area contributed by atoms with Crippen molar-refractivity contribution < 1.29 is 4.74 Å². The molecule has 0 fully saturated rings. The third-order valence-corrected chi connectivity index (χ3v) is 3.01. The molecule has 0 radical (unpaired) electrons. The molecule has 2 rings (SSSR count). The molecule has 5 heteroatoms. The van der Waals surface area contributed by atoms with Crippen LogP contribution in [0, 0.1) is 5.92 Å². The third-order valence-electron chi connectivity index (χ3n) is 3.01. The number of nitrogens with zero attached hydrogens (tertiary/aromatic N) is 2. The van der Waals surface area contributed by atoms with Gasteiger partial charge in [-0.15, -0.1) is 0 Å². The predicted octanol–water partition coefficient (Wildman–Crippen LogP) is 2.19. The maximum Gasteiger partial charge on any atom is 0.313 e. The Morgan fingerprint density at radius 2 is 2.00 bits per heavy atom. The highest BCUT2D eigenvalue weighted by Gasteiger charge is 2.08. The van der Waals surface area contributed by atoms with Gasteiger partial charge in [-0.25, -0.2) is 4.98 Å². The van der Waals surface area contributed by atoms with Crippen LogP contribution in [0.3, 0.4) is 0 Å². The zero-order chi connectivity index (χ0) is 15.2.